The molecule has 0 saturated carbocycles. The van der Waals surface area contributed by atoms with Gasteiger partial charge in [0.25, 0.3) is 0 Å². The van der Waals surface area contributed by atoms with Gasteiger partial charge in [0.1, 0.15) is 12.7 Å². The van der Waals surface area contributed by atoms with Crippen LogP contribution in [0.2, 0.25) is 0 Å². The van der Waals surface area contributed by atoms with E-state index in [1.54, 1.807) is 24.3 Å². The van der Waals surface area contributed by atoms with E-state index in [4.69, 9.17) is 9.47 Å². The van der Waals surface area contributed by atoms with Gasteiger partial charge in [0.05, 0.1) is 21.4 Å². The molecule has 0 amide bonds. The summed E-state index contributed by atoms with van der Waals surface area (Å²) >= 11 is 1.53. The Morgan fingerprint density at radius 1 is 1.38 bits per heavy atom. The van der Waals surface area contributed by atoms with Crippen LogP contribution < -0.4 is 4.74 Å². The summed E-state index contributed by atoms with van der Waals surface area (Å²) in [5, 5.41) is 0.906. The third kappa shape index (κ3) is 3.42. The highest BCUT2D eigenvalue weighted by Gasteiger charge is 2.24. The smallest absolute Gasteiger partial charge is 0.232 e. The molecular weight excluding hydrogens is 310 g/mol. The van der Waals surface area contributed by atoms with Crippen molar-refractivity contribution in [3.8, 4) is 16.3 Å². The normalized spacial score (nSPS) is 17.7. The van der Waals surface area contributed by atoms with E-state index in [0.29, 0.717) is 17.4 Å². The first-order valence-electron chi connectivity index (χ1n) is 6.46. The lowest BCUT2D eigenvalue weighted by atomic mass is 10.2. The Morgan fingerprint density at radius 2 is 2.05 bits per heavy atom. The number of sulfone groups is 1. The Labute approximate surface area is 127 Å². The second kappa shape index (κ2) is 5.40. The summed E-state index contributed by atoms with van der Waals surface area (Å²) in [5.41, 5.74) is 0.903. The first-order chi connectivity index (χ1) is 9.93. The summed E-state index contributed by atoms with van der Waals surface area (Å²) in [5.74, 6) is 0.583. The van der Waals surface area contributed by atoms with Crippen molar-refractivity contribution >= 4 is 21.2 Å². The van der Waals surface area contributed by atoms with E-state index in [-0.39, 0.29) is 6.10 Å². The van der Waals surface area contributed by atoms with Crippen molar-refractivity contribution < 1.29 is 17.9 Å². The Bertz CT molecular complexity index is 746. The first-order valence-corrected chi connectivity index (χ1v) is 9.16. The van der Waals surface area contributed by atoms with Crippen molar-refractivity contribution in [2.45, 2.75) is 17.9 Å². The van der Waals surface area contributed by atoms with Crippen molar-refractivity contribution in [1.29, 1.82) is 0 Å². The first kappa shape index (κ1) is 14.5. The van der Waals surface area contributed by atoms with Gasteiger partial charge in [-0.05, 0) is 24.6 Å². The van der Waals surface area contributed by atoms with E-state index in [9.17, 15) is 8.42 Å². The zero-order valence-electron chi connectivity index (χ0n) is 11.7. The van der Waals surface area contributed by atoms with Crippen LogP contribution in [0.1, 0.15) is 5.01 Å². The molecule has 2 heterocycles. The number of thiazole rings is 1. The van der Waals surface area contributed by atoms with Crippen LogP contribution in [0.25, 0.3) is 10.4 Å². The van der Waals surface area contributed by atoms with Crippen LogP contribution in [0.3, 0.4) is 0 Å². The van der Waals surface area contributed by atoms with Gasteiger partial charge in [-0.2, -0.15) is 0 Å². The van der Waals surface area contributed by atoms with Crippen LogP contribution in [-0.4, -0.2) is 39.0 Å². The fraction of sp³-hybridized carbons (Fsp3) is 0.357. The molecule has 5 nitrogen and oxygen atoms in total. The number of epoxide rings is 1. The molecule has 1 fully saturated rings. The van der Waals surface area contributed by atoms with Gasteiger partial charge in [0.2, 0.25) is 5.88 Å². The molecule has 1 saturated heterocycles. The maximum atomic E-state index is 11.5. The Balaban J connectivity index is 1.88. The Kier molecular flexibility index (Phi) is 3.73. The van der Waals surface area contributed by atoms with Gasteiger partial charge in [-0.25, -0.2) is 13.4 Å². The number of hydrogen-bond acceptors (Lipinski definition) is 6. The van der Waals surface area contributed by atoms with Gasteiger partial charge in [-0.15, -0.1) is 11.3 Å². The van der Waals surface area contributed by atoms with Crippen molar-refractivity contribution in [2.24, 2.45) is 0 Å². The highest BCUT2D eigenvalue weighted by Crippen LogP contribution is 2.36. The molecule has 0 N–H and O–H groups in total. The number of benzene rings is 1. The number of ether oxygens (including phenoxy) is 2. The van der Waals surface area contributed by atoms with E-state index in [1.165, 1.54) is 17.6 Å². The van der Waals surface area contributed by atoms with Gasteiger partial charge in [-0.1, -0.05) is 12.1 Å². The number of aromatic nitrogens is 1. The average Bonchev–Trinajstić information content (AvgIpc) is 3.18. The third-order valence-electron chi connectivity index (χ3n) is 3.06. The van der Waals surface area contributed by atoms with Crippen LogP contribution in [0, 0.1) is 6.92 Å². The zero-order chi connectivity index (χ0) is 15.0. The largest absolute Gasteiger partial charge is 0.474 e. The molecule has 3 rings (SSSR count). The molecule has 1 atom stereocenters. The molecule has 1 aliphatic rings. The minimum Gasteiger partial charge on any atom is -0.474 e. The molecule has 1 unspecified atom stereocenters. The summed E-state index contributed by atoms with van der Waals surface area (Å²) in [6, 6.07) is 6.77. The van der Waals surface area contributed by atoms with Crippen LogP contribution in [0.5, 0.6) is 5.88 Å². The van der Waals surface area contributed by atoms with Crippen LogP contribution >= 0.6 is 11.3 Å². The highest BCUT2D eigenvalue weighted by atomic mass is 32.2. The van der Waals surface area contributed by atoms with Crippen molar-refractivity contribution in [2.75, 3.05) is 19.5 Å². The fourth-order valence-corrected chi connectivity index (χ4v) is 3.38. The van der Waals surface area contributed by atoms with Crippen LogP contribution in [0.4, 0.5) is 0 Å². The van der Waals surface area contributed by atoms with Gasteiger partial charge in [-0.3, -0.25) is 0 Å². The average molecular weight is 325 g/mol. The number of nitrogens with zero attached hydrogens (tertiary/aromatic N) is 1. The summed E-state index contributed by atoms with van der Waals surface area (Å²) in [4.78, 5) is 5.60. The summed E-state index contributed by atoms with van der Waals surface area (Å²) in [6.07, 6.45) is 1.37. The predicted octanol–water partition coefficient (Wildman–Crippen LogP) is 2.30. The highest BCUT2D eigenvalue weighted by molar-refractivity contribution is 7.90. The Morgan fingerprint density at radius 3 is 2.62 bits per heavy atom. The molecule has 112 valence electrons. The maximum Gasteiger partial charge on any atom is 0.232 e. The predicted molar refractivity (Wildman–Crippen MR) is 80.6 cm³/mol. The summed E-state index contributed by atoms with van der Waals surface area (Å²) < 4.78 is 33.8. The quantitative estimate of drug-likeness (QED) is 0.789. The van der Waals surface area contributed by atoms with Crippen LogP contribution in [0.15, 0.2) is 29.2 Å². The molecule has 0 radical (unpaired) electrons. The molecule has 2 aromatic rings. The van der Waals surface area contributed by atoms with Crippen LogP contribution in [-0.2, 0) is 14.6 Å². The Hall–Kier alpha value is -1.44. The molecular formula is C14H15NO4S2. The van der Waals surface area contributed by atoms with Gasteiger partial charge >= 0.3 is 0 Å². The molecule has 7 heteroatoms. The van der Waals surface area contributed by atoms with E-state index in [2.05, 4.69) is 4.98 Å². The number of hydrogen-bond donors (Lipinski definition) is 0. The molecule has 21 heavy (non-hydrogen) atoms. The second-order valence-electron chi connectivity index (χ2n) is 4.93. The topological polar surface area (TPSA) is 68.8 Å². The molecule has 1 aromatic heterocycles. The molecule has 0 aliphatic carbocycles. The maximum absolute atomic E-state index is 11.5. The minimum absolute atomic E-state index is 0.174. The third-order valence-corrected chi connectivity index (χ3v) is 5.19. The number of aryl methyl sites for hydroxylation is 1. The molecule has 0 bridgehead atoms. The number of rotatable bonds is 5. The fourth-order valence-electron chi connectivity index (χ4n) is 1.88. The monoisotopic (exact) mass is 325 g/mol. The van der Waals surface area contributed by atoms with Crippen molar-refractivity contribution in [1.82, 2.24) is 4.98 Å². The van der Waals surface area contributed by atoms with E-state index >= 15 is 0 Å². The van der Waals surface area contributed by atoms with Gasteiger partial charge in [0.15, 0.2) is 9.84 Å². The molecule has 1 aliphatic heterocycles. The lowest BCUT2D eigenvalue weighted by Crippen LogP contribution is -2.05. The van der Waals surface area contributed by atoms with E-state index < -0.39 is 9.84 Å². The second-order valence-corrected chi connectivity index (χ2v) is 8.15. The zero-order valence-corrected chi connectivity index (χ0v) is 13.3. The molecule has 1 aromatic carbocycles. The van der Waals surface area contributed by atoms with Gasteiger partial charge < -0.3 is 9.47 Å². The standard InChI is InChI=1S/C14H15NO4S2/c1-9-15-14(19-8-11-7-18-11)13(20-9)10-3-5-12(6-4-10)21(2,16)17/h3-6,11H,7-8H2,1-2H3. The lowest BCUT2D eigenvalue weighted by Gasteiger charge is -2.05. The summed E-state index contributed by atoms with van der Waals surface area (Å²) in [7, 11) is -3.18. The SMILES string of the molecule is Cc1nc(OCC2CO2)c(-c2ccc(S(C)(=O)=O)cc2)s1. The van der Waals surface area contributed by atoms with Crippen molar-refractivity contribution in [3.63, 3.8) is 0 Å². The van der Waals surface area contributed by atoms with Gasteiger partial charge in [0, 0.05) is 6.26 Å². The lowest BCUT2D eigenvalue weighted by molar-refractivity contribution is 0.257. The molecule has 0 spiro atoms. The van der Waals surface area contributed by atoms with E-state index in [0.717, 1.165) is 22.1 Å². The van der Waals surface area contributed by atoms with Crippen molar-refractivity contribution in [3.05, 3.63) is 29.3 Å². The van der Waals surface area contributed by atoms with E-state index in [1.807, 2.05) is 6.92 Å². The minimum atomic E-state index is -3.18. The summed E-state index contributed by atoms with van der Waals surface area (Å²) in [6.45, 7) is 3.15.